The Labute approximate surface area is 156 Å². The minimum Gasteiger partial charge on any atom is -0.350 e. The van der Waals surface area contributed by atoms with E-state index >= 15 is 0 Å². The van der Waals surface area contributed by atoms with Gasteiger partial charge in [0.05, 0.1) is 10.0 Å². The first-order valence-electron chi connectivity index (χ1n) is 7.65. The maximum absolute atomic E-state index is 12.3. The largest absolute Gasteiger partial charge is 0.350 e. The van der Waals surface area contributed by atoms with Gasteiger partial charge >= 0.3 is 0 Å². The molecule has 3 rings (SSSR count). The van der Waals surface area contributed by atoms with Crippen molar-refractivity contribution < 1.29 is 4.79 Å². The first kappa shape index (κ1) is 17.6. The Morgan fingerprint density at radius 3 is 2.67 bits per heavy atom. The molecule has 1 aliphatic rings. The van der Waals surface area contributed by atoms with Crippen LogP contribution in [0.3, 0.4) is 0 Å². The number of carbonyl (C=O) groups excluding carboxylic acids is 1. The average molecular weight is 384 g/mol. The molecule has 2 aromatic rings. The molecule has 0 radical (unpaired) electrons. The maximum atomic E-state index is 12.3. The van der Waals surface area contributed by atoms with Crippen LogP contribution < -0.4 is 5.32 Å². The molecule has 2 aromatic carbocycles. The third-order valence-corrected chi connectivity index (χ3v) is 5.32. The smallest absolute Gasteiger partial charge is 0.251 e. The molecule has 0 aliphatic carbocycles. The number of carbonyl (C=O) groups is 1. The number of hydrogen-bond acceptors (Lipinski definition) is 2. The van der Waals surface area contributed by atoms with Gasteiger partial charge in [0.15, 0.2) is 0 Å². The number of likely N-dealkylation sites (N-methyl/N-ethyl adjacent to an activating group) is 1. The second-order valence-corrected chi connectivity index (χ2v) is 7.28. The number of amides is 1. The lowest BCUT2D eigenvalue weighted by Gasteiger charge is -2.34. The molecule has 6 heteroatoms. The van der Waals surface area contributed by atoms with Crippen LogP contribution in [0.25, 0.3) is 0 Å². The number of hydrogen-bond donors (Lipinski definition) is 1. The third-order valence-electron chi connectivity index (χ3n) is 4.35. The highest BCUT2D eigenvalue weighted by molar-refractivity contribution is 6.42. The molecule has 126 valence electrons. The number of fused-ring (bicyclic) bond motifs is 1. The molecular formula is C18H17Cl3N2O. The molecular weight excluding hydrogens is 367 g/mol. The fourth-order valence-electron chi connectivity index (χ4n) is 2.93. The average Bonchev–Trinajstić information content (AvgIpc) is 2.55. The Morgan fingerprint density at radius 2 is 1.92 bits per heavy atom. The van der Waals surface area contributed by atoms with Gasteiger partial charge < -0.3 is 5.32 Å². The van der Waals surface area contributed by atoms with Crippen LogP contribution in [0.15, 0.2) is 36.4 Å². The topological polar surface area (TPSA) is 32.3 Å². The highest BCUT2D eigenvalue weighted by Gasteiger charge is 2.24. The minimum absolute atomic E-state index is 0.149. The van der Waals surface area contributed by atoms with Crippen LogP contribution in [0.4, 0.5) is 0 Å². The number of rotatable bonds is 3. The van der Waals surface area contributed by atoms with E-state index < -0.39 is 0 Å². The van der Waals surface area contributed by atoms with Crippen LogP contribution in [0.1, 0.15) is 21.5 Å². The molecule has 3 nitrogen and oxygen atoms in total. The molecule has 0 bridgehead atoms. The van der Waals surface area contributed by atoms with Gasteiger partial charge in [-0.25, -0.2) is 0 Å². The van der Waals surface area contributed by atoms with E-state index in [1.165, 1.54) is 11.1 Å². The monoisotopic (exact) mass is 382 g/mol. The quantitative estimate of drug-likeness (QED) is 0.850. The lowest BCUT2D eigenvalue weighted by molar-refractivity contribution is 0.0934. The number of nitrogens with zero attached hydrogens (tertiary/aromatic N) is 1. The van der Waals surface area contributed by atoms with Gasteiger partial charge in [0, 0.05) is 29.7 Å². The summed E-state index contributed by atoms with van der Waals surface area (Å²) in [5.74, 6) is -0.149. The molecule has 1 amide bonds. The van der Waals surface area contributed by atoms with Crippen LogP contribution in [0.5, 0.6) is 0 Å². The molecule has 1 N–H and O–H groups in total. The van der Waals surface area contributed by atoms with Crippen molar-refractivity contribution >= 4 is 40.7 Å². The standard InChI is InChI=1S/C18H17Cl3N2O/c1-23-10-13-6-14(19)4-2-11(13)7-15(23)9-22-18(24)12-3-5-16(20)17(21)8-12/h2-6,8,15H,7,9-10H2,1H3,(H,22,24). The van der Waals surface area contributed by atoms with Crippen LogP contribution in [0, 0.1) is 0 Å². The zero-order chi connectivity index (χ0) is 17.3. The van der Waals surface area contributed by atoms with E-state index in [0.717, 1.165) is 18.0 Å². The van der Waals surface area contributed by atoms with E-state index in [1.807, 2.05) is 12.1 Å². The summed E-state index contributed by atoms with van der Waals surface area (Å²) in [7, 11) is 2.06. The lowest BCUT2D eigenvalue weighted by Crippen LogP contribution is -2.45. The van der Waals surface area contributed by atoms with Crippen LogP contribution in [-0.4, -0.2) is 30.4 Å². The van der Waals surface area contributed by atoms with Gasteiger partial charge in [-0.3, -0.25) is 9.69 Å². The first-order chi connectivity index (χ1) is 11.4. The molecule has 0 spiro atoms. The number of halogens is 3. The van der Waals surface area contributed by atoms with E-state index in [4.69, 9.17) is 34.8 Å². The summed E-state index contributed by atoms with van der Waals surface area (Å²) in [5.41, 5.74) is 3.04. The summed E-state index contributed by atoms with van der Waals surface area (Å²) in [5, 5.41) is 4.56. The Hall–Kier alpha value is -1.26. The van der Waals surface area contributed by atoms with Gasteiger partial charge in [0.2, 0.25) is 0 Å². The molecule has 0 fully saturated rings. The van der Waals surface area contributed by atoms with Crippen molar-refractivity contribution in [3.8, 4) is 0 Å². The van der Waals surface area contributed by atoms with E-state index in [9.17, 15) is 4.79 Å². The van der Waals surface area contributed by atoms with Gasteiger partial charge in [-0.15, -0.1) is 0 Å². The van der Waals surface area contributed by atoms with Gasteiger partial charge in [0.25, 0.3) is 5.91 Å². The molecule has 1 aliphatic heterocycles. The number of benzene rings is 2. The summed E-state index contributed by atoms with van der Waals surface area (Å²) in [6.07, 6.45) is 0.880. The van der Waals surface area contributed by atoms with Crippen molar-refractivity contribution in [1.29, 1.82) is 0 Å². The highest BCUT2D eigenvalue weighted by Crippen LogP contribution is 2.25. The van der Waals surface area contributed by atoms with Crippen molar-refractivity contribution in [2.45, 2.75) is 19.0 Å². The summed E-state index contributed by atoms with van der Waals surface area (Å²) in [4.78, 5) is 14.5. The van der Waals surface area contributed by atoms with Crippen molar-refractivity contribution in [3.63, 3.8) is 0 Å². The van der Waals surface area contributed by atoms with Crippen LogP contribution >= 0.6 is 34.8 Å². The van der Waals surface area contributed by atoms with E-state index in [-0.39, 0.29) is 11.9 Å². The second-order valence-electron chi connectivity index (χ2n) is 6.03. The summed E-state index contributed by atoms with van der Waals surface area (Å²) in [6.45, 7) is 1.39. The fraction of sp³-hybridized carbons (Fsp3) is 0.278. The Bertz CT molecular complexity index is 779. The molecule has 1 atom stereocenters. The molecule has 1 heterocycles. The normalized spacial score (nSPS) is 17.4. The summed E-state index contributed by atoms with van der Waals surface area (Å²) in [6, 6.07) is 11.1. The van der Waals surface area contributed by atoms with Crippen LogP contribution in [0.2, 0.25) is 15.1 Å². The van der Waals surface area contributed by atoms with E-state index in [1.54, 1.807) is 18.2 Å². The zero-order valence-corrected chi connectivity index (χ0v) is 15.4. The van der Waals surface area contributed by atoms with Crippen molar-refractivity contribution in [2.24, 2.45) is 0 Å². The van der Waals surface area contributed by atoms with E-state index in [2.05, 4.69) is 23.3 Å². The van der Waals surface area contributed by atoms with Crippen molar-refractivity contribution in [1.82, 2.24) is 10.2 Å². The SMILES string of the molecule is CN1Cc2cc(Cl)ccc2CC1CNC(=O)c1ccc(Cl)c(Cl)c1. The molecule has 0 saturated heterocycles. The lowest BCUT2D eigenvalue weighted by atomic mass is 9.94. The Morgan fingerprint density at radius 1 is 1.12 bits per heavy atom. The van der Waals surface area contributed by atoms with Gasteiger partial charge in [-0.2, -0.15) is 0 Å². The van der Waals surface area contributed by atoms with Gasteiger partial charge in [-0.1, -0.05) is 40.9 Å². The second kappa shape index (κ2) is 7.32. The fourth-order valence-corrected chi connectivity index (χ4v) is 3.42. The Balaban J connectivity index is 1.65. The molecule has 1 unspecified atom stereocenters. The zero-order valence-electron chi connectivity index (χ0n) is 13.2. The molecule has 24 heavy (non-hydrogen) atoms. The predicted octanol–water partition coefficient (Wildman–Crippen LogP) is 4.43. The third kappa shape index (κ3) is 3.86. The van der Waals surface area contributed by atoms with Crippen molar-refractivity contribution in [2.75, 3.05) is 13.6 Å². The first-order valence-corrected chi connectivity index (χ1v) is 8.78. The van der Waals surface area contributed by atoms with Gasteiger partial charge in [0.1, 0.15) is 0 Å². The highest BCUT2D eigenvalue weighted by atomic mass is 35.5. The predicted molar refractivity (Wildman–Crippen MR) is 99.2 cm³/mol. The van der Waals surface area contributed by atoms with Crippen LogP contribution in [-0.2, 0) is 13.0 Å². The summed E-state index contributed by atoms with van der Waals surface area (Å²) < 4.78 is 0. The molecule has 0 aromatic heterocycles. The summed E-state index contributed by atoms with van der Waals surface area (Å²) >= 11 is 17.9. The van der Waals surface area contributed by atoms with Gasteiger partial charge in [-0.05, 0) is 54.9 Å². The number of nitrogens with one attached hydrogen (secondary N) is 1. The maximum Gasteiger partial charge on any atom is 0.251 e. The Kier molecular flexibility index (Phi) is 5.36. The molecule has 0 saturated carbocycles. The minimum atomic E-state index is -0.149. The van der Waals surface area contributed by atoms with E-state index in [0.29, 0.717) is 22.2 Å². The van der Waals surface area contributed by atoms with Crippen molar-refractivity contribution in [3.05, 3.63) is 68.2 Å².